The highest BCUT2D eigenvalue weighted by molar-refractivity contribution is 5.63. The van der Waals surface area contributed by atoms with E-state index in [-0.39, 0.29) is 6.61 Å². The summed E-state index contributed by atoms with van der Waals surface area (Å²) >= 11 is 0. The molecule has 1 aliphatic rings. The fourth-order valence-corrected chi connectivity index (χ4v) is 1.88. The number of rotatable bonds is 2. The third kappa shape index (κ3) is 1.66. The Kier molecular flexibility index (Phi) is 2.55. The van der Waals surface area contributed by atoms with Crippen LogP contribution < -0.4 is 4.90 Å². The number of nitrogens with zero attached hydrogens (tertiary/aromatic N) is 1. The van der Waals surface area contributed by atoms with Gasteiger partial charge >= 0.3 is 0 Å². The minimum atomic E-state index is 0.108. The maximum atomic E-state index is 8.67. The van der Waals surface area contributed by atoms with Crippen LogP contribution in [0, 0.1) is 0 Å². The van der Waals surface area contributed by atoms with Crippen LogP contribution in [0.2, 0.25) is 0 Å². The molecule has 1 aromatic rings. The van der Waals surface area contributed by atoms with E-state index in [4.69, 9.17) is 5.11 Å². The van der Waals surface area contributed by atoms with Gasteiger partial charge in [0.15, 0.2) is 0 Å². The Balaban J connectivity index is 2.28. The summed E-state index contributed by atoms with van der Waals surface area (Å²) in [5.74, 6) is 0. The van der Waals surface area contributed by atoms with Crippen molar-refractivity contribution in [1.29, 1.82) is 0 Å². The fraction of sp³-hybridized carbons (Fsp3) is 0.333. The molecule has 1 heterocycles. The average molecular weight is 189 g/mol. The monoisotopic (exact) mass is 189 g/mol. The van der Waals surface area contributed by atoms with Gasteiger partial charge in [0.25, 0.3) is 0 Å². The third-order valence-corrected chi connectivity index (χ3v) is 2.65. The van der Waals surface area contributed by atoms with Crippen LogP contribution in [0.1, 0.15) is 11.1 Å². The Hall–Kier alpha value is -1.28. The Morgan fingerprint density at radius 2 is 2.36 bits per heavy atom. The lowest BCUT2D eigenvalue weighted by atomic mass is 10.1. The highest BCUT2D eigenvalue weighted by Gasteiger charge is 2.14. The quantitative estimate of drug-likeness (QED) is 0.765. The van der Waals surface area contributed by atoms with E-state index in [2.05, 4.69) is 30.1 Å². The first-order valence-corrected chi connectivity index (χ1v) is 4.93. The molecule has 0 aromatic heterocycles. The first-order chi connectivity index (χ1) is 6.81. The molecule has 0 amide bonds. The molecule has 1 aliphatic heterocycles. The van der Waals surface area contributed by atoms with E-state index in [1.807, 2.05) is 6.08 Å². The normalized spacial score (nSPS) is 15.1. The molecule has 0 atom stereocenters. The lowest BCUT2D eigenvalue weighted by Crippen LogP contribution is -2.12. The number of likely N-dealkylation sites (N-methyl/N-ethyl adjacent to an activating group) is 1. The molecule has 0 aliphatic carbocycles. The summed E-state index contributed by atoms with van der Waals surface area (Å²) in [5, 5.41) is 8.67. The molecule has 1 aromatic carbocycles. The molecule has 0 saturated carbocycles. The number of hydrogen-bond acceptors (Lipinski definition) is 2. The van der Waals surface area contributed by atoms with Crippen molar-refractivity contribution in [2.75, 3.05) is 25.1 Å². The van der Waals surface area contributed by atoms with Gasteiger partial charge in [-0.05, 0) is 29.7 Å². The van der Waals surface area contributed by atoms with Crippen molar-refractivity contribution in [3.63, 3.8) is 0 Å². The van der Waals surface area contributed by atoms with Gasteiger partial charge in [-0.3, -0.25) is 0 Å². The third-order valence-electron chi connectivity index (χ3n) is 2.65. The second kappa shape index (κ2) is 3.84. The highest BCUT2D eigenvalue weighted by atomic mass is 16.2. The van der Waals surface area contributed by atoms with E-state index in [0.29, 0.717) is 0 Å². The largest absolute Gasteiger partial charge is 0.392 e. The zero-order chi connectivity index (χ0) is 9.97. The summed E-state index contributed by atoms with van der Waals surface area (Å²) in [5.41, 5.74) is 3.92. The maximum absolute atomic E-state index is 8.67. The molecule has 14 heavy (non-hydrogen) atoms. The molecule has 0 saturated heterocycles. The number of benzene rings is 1. The van der Waals surface area contributed by atoms with Gasteiger partial charge in [0.1, 0.15) is 0 Å². The van der Waals surface area contributed by atoms with Gasteiger partial charge in [-0.15, -0.1) is 0 Å². The molecule has 2 heteroatoms. The van der Waals surface area contributed by atoms with Gasteiger partial charge in [0, 0.05) is 19.3 Å². The summed E-state index contributed by atoms with van der Waals surface area (Å²) in [6.07, 6.45) is 4.85. The van der Waals surface area contributed by atoms with Gasteiger partial charge in [-0.2, -0.15) is 0 Å². The van der Waals surface area contributed by atoms with Gasteiger partial charge in [-0.25, -0.2) is 0 Å². The van der Waals surface area contributed by atoms with E-state index in [1.54, 1.807) is 6.08 Å². The zero-order valence-electron chi connectivity index (χ0n) is 8.40. The maximum Gasteiger partial charge on any atom is 0.0615 e. The van der Waals surface area contributed by atoms with Gasteiger partial charge in [-0.1, -0.05) is 18.2 Å². The highest BCUT2D eigenvalue weighted by Crippen LogP contribution is 2.27. The summed E-state index contributed by atoms with van der Waals surface area (Å²) in [4.78, 5) is 2.27. The number of hydrogen-bond donors (Lipinski definition) is 1. The molecule has 2 nitrogen and oxygen atoms in total. The number of aliphatic hydroxyl groups excluding tert-OH is 1. The van der Waals surface area contributed by atoms with E-state index >= 15 is 0 Å². The zero-order valence-corrected chi connectivity index (χ0v) is 8.40. The number of aliphatic hydroxyl groups is 1. The van der Waals surface area contributed by atoms with Gasteiger partial charge in [0.05, 0.1) is 6.61 Å². The van der Waals surface area contributed by atoms with Crippen LogP contribution in [0.3, 0.4) is 0 Å². The summed E-state index contributed by atoms with van der Waals surface area (Å²) < 4.78 is 0. The van der Waals surface area contributed by atoms with Crippen LogP contribution in [0.25, 0.3) is 6.08 Å². The molecular weight excluding hydrogens is 174 g/mol. The second-order valence-corrected chi connectivity index (χ2v) is 3.64. The van der Waals surface area contributed by atoms with E-state index in [0.717, 1.165) is 13.0 Å². The van der Waals surface area contributed by atoms with Gasteiger partial charge < -0.3 is 10.0 Å². The molecular formula is C12H15NO. The van der Waals surface area contributed by atoms with E-state index in [9.17, 15) is 0 Å². The smallest absolute Gasteiger partial charge is 0.0615 e. The average Bonchev–Trinajstić information content (AvgIpc) is 2.57. The Morgan fingerprint density at radius 3 is 3.14 bits per heavy atom. The Morgan fingerprint density at radius 1 is 1.50 bits per heavy atom. The summed E-state index contributed by atoms with van der Waals surface area (Å²) in [7, 11) is 2.12. The fourth-order valence-electron chi connectivity index (χ4n) is 1.88. The van der Waals surface area contributed by atoms with Crippen LogP contribution >= 0.6 is 0 Å². The van der Waals surface area contributed by atoms with Crippen molar-refractivity contribution in [2.45, 2.75) is 6.42 Å². The Labute approximate surface area is 84.5 Å². The SMILES string of the molecule is CN1CCc2cc(/C=C/CO)ccc21. The van der Waals surface area contributed by atoms with Crippen molar-refractivity contribution in [1.82, 2.24) is 0 Å². The first kappa shape index (κ1) is 9.28. The molecule has 0 fully saturated rings. The molecule has 2 rings (SSSR count). The van der Waals surface area contributed by atoms with Crippen LogP contribution in [0.15, 0.2) is 24.3 Å². The molecule has 0 unspecified atom stereocenters. The van der Waals surface area contributed by atoms with Crippen LogP contribution in [-0.4, -0.2) is 25.3 Å². The van der Waals surface area contributed by atoms with Crippen molar-refractivity contribution in [3.05, 3.63) is 35.4 Å². The van der Waals surface area contributed by atoms with Crippen LogP contribution in [-0.2, 0) is 6.42 Å². The lowest BCUT2D eigenvalue weighted by molar-refractivity contribution is 0.343. The van der Waals surface area contributed by atoms with Crippen LogP contribution in [0.4, 0.5) is 5.69 Å². The van der Waals surface area contributed by atoms with Crippen molar-refractivity contribution < 1.29 is 5.11 Å². The number of anilines is 1. The Bertz CT molecular complexity index is 357. The topological polar surface area (TPSA) is 23.5 Å². The molecule has 74 valence electrons. The van der Waals surface area contributed by atoms with Crippen molar-refractivity contribution in [3.8, 4) is 0 Å². The predicted molar refractivity (Wildman–Crippen MR) is 59.5 cm³/mol. The van der Waals surface area contributed by atoms with Gasteiger partial charge in [0.2, 0.25) is 0 Å². The molecule has 0 radical (unpaired) electrons. The van der Waals surface area contributed by atoms with Crippen molar-refractivity contribution in [2.24, 2.45) is 0 Å². The van der Waals surface area contributed by atoms with E-state index in [1.165, 1.54) is 16.8 Å². The first-order valence-electron chi connectivity index (χ1n) is 4.93. The van der Waals surface area contributed by atoms with Crippen LogP contribution in [0.5, 0.6) is 0 Å². The minimum Gasteiger partial charge on any atom is -0.392 e. The van der Waals surface area contributed by atoms with Crippen molar-refractivity contribution >= 4 is 11.8 Å². The summed E-state index contributed by atoms with van der Waals surface area (Å²) in [6, 6.07) is 6.44. The molecule has 1 N–H and O–H groups in total. The minimum absolute atomic E-state index is 0.108. The second-order valence-electron chi connectivity index (χ2n) is 3.64. The standard InChI is InChI=1S/C12H15NO/c1-13-7-6-11-9-10(3-2-8-14)4-5-12(11)13/h2-5,9,14H,6-8H2,1H3/b3-2+. The molecule has 0 bridgehead atoms. The predicted octanol–water partition coefficient (Wildman–Crippen LogP) is 1.68. The van der Waals surface area contributed by atoms with E-state index < -0.39 is 0 Å². The molecule has 0 spiro atoms. The number of fused-ring (bicyclic) bond motifs is 1. The lowest BCUT2D eigenvalue weighted by Gasteiger charge is -2.11. The summed E-state index contributed by atoms with van der Waals surface area (Å²) in [6.45, 7) is 1.22.